The Labute approximate surface area is 137 Å². The third-order valence-corrected chi connectivity index (χ3v) is 3.16. The molecule has 3 rings (SSSR count). The SMILES string of the molecule is CCOc1cc2c(cc1/C=N\Nc1ncccc1[N+](=O)[O-])OCO2. The third kappa shape index (κ3) is 3.19. The minimum atomic E-state index is -0.531. The van der Waals surface area contributed by atoms with Crippen LogP contribution in [0.1, 0.15) is 12.5 Å². The predicted octanol–water partition coefficient (Wildman–Crippen LogP) is 2.56. The maximum atomic E-state index is 10.9. The second-order valence-corrected chi connectivity index (χ2v) is 4.67. The van der Waals surface area contributed by atoms with Gasteiger partial charge >= 0.3 is 5.69 Å². The maximum Gasteiger partial charge on any atom is 0.313 e. The molecule has 24 heavy (non-hydrogen) atoms. The first kappa shape index (κ1) is 15.5. The van der Waals surface area contributed by atoms with Gasteiger partial charge in [-0.2, -0.15) is 5.10 Å². The van der Waals surface area contributed by atoms with E-state index in [2.05, 4.69) is 15.5 Å². The van der Waals surface area contributed by atoms with Gasteiger partial charge in [0.15, 0.2) is 11.5 Å². The fourth-order valence-corrected chi connectivity index (χ4v) is 2.11. The zero-order chi connectivity index (χ0) is 16.9. The number of aromatic nitrogens is 1. The van der Waals surface area contributed by atoms with E-state index in [9.17, 15) is 10.1 Å². The second-order valence-electron chi connectivity index (χ2n) is 4.67. The van der Waals surface area contributed by atoms with Gasteiger partial charge in [0.25, 0.3) is 0 Å². The van der Waals surface area contributed by atoms with Gasteiger partial charge in [0.2, 0.25) is 12.6 Å². The Morgan fingerprint density at radius 2 is 2.25 bits per heavy atom. The summed E-state index contributed by atoms with van der Waals surface area (Å²) in [6.07, 6.45) is 2.92. The van der Waals surface area contributed by atoms with Crippen molar-refractivity contribution in [3.8, 4) is 17.2 Å². The number of nitrogens with one attached hydrogen (secondary N) is 1. The molecule has 0 saturated carbocycles. The van der Waals surface area contributed by atoms with Gasteiger partial charge in [0, 0.05) is 23.9 Å². The van der Waals surface area contributed by atoms with Crippen LogP contribution in [0.3, 0.4) is 0 Å². The fraction of sp³-hybridized carbons (Fsp3) is 0.200. The molecule has 0 unspecified atom stereocenters. The molecule has 1 N–H and O–H groups in total. The highest BCUT2D eigenvalue weighted by Gasteiger charge is 2.17. The van der Waals surface area contributed by atoms with E-state index in [1.165, 1.54) is 24.5 Å². The normalized spacial score (nSPS) is 12.4. The highest BCUT2D eigenvalue weighted by atomic mass is 16.7. The summed E-state index contributed by atoms with van der Waals surface area (Å²) in [6, 6.07) is 6.27. The van der Waals surface area contributed by atoms with E-state index in [0.717, 1.165) is 0 Å². The number of fused-ring (bicyclic) bond motifs is 1. The number of benzene rings is 1. The largest absolute Gasteiger partial charge is 0.493 e. The topological polar surface area (TPSA) is 108 Å². The van der Waals surface area contributed by atoms with Crippen LogP contribution in [0.25, 0.3) is 0 Å². The Kier molecular flexibility index (Phi) is 4.41. The van der Waals surface area contributed by atoms with E-state index in [-0.39, 0.29) is 18.3 Å². The molecule has 0 saturated heterocycles. The lowest BCUT2D eigenvalue weighted by atomic mass is 10.2. The molecule has 0 atom stereocenters. The van der Waals surface area contributed by atoms with Crippen molar-refractivity contribution in [2.24, 2.45) is 5.10 Å². The van der Waals surface area contributed by atoms with Gasteiger partial charge in [-0.1, -0.05) is 0 Å². The molecule has 0 fully saturated rings. The van der Waals surface area contributed by atoms with Crippen LogP contribution in [0.15, 0.2) is 35.6 Å². The predicted molar refractivity (Wildman–Crippen MR) is 85.8 cm³/mol. The standard InChI is InChI=1S/C15H14N4O5/c1-2-22-12-7-14-13(23-9-24-14)6-10(12)8-17-18-15-11(19(20)21)4-3-5-16-15/h3-8H,2,9H2,1H3,(H,16,18)/b17-8-. The van der Waals surface area contributed by atoms with Crippen molar-refractivity contribution >= 4 is 17.7 Å². The number of nitro groups is 1. The number of rotatable bonds is 6. The second kappa shape index (κ2) is 6.82. The van der Waals surface area contributed by atoms with Gasteiger partial charge in [-0.15, -0.1) is 0 Å². The summed E-state index contributed by atoms with van der Waals surface area (Å²) in [5, 5.41) is 15.0. The van der Waals surface area contributed by atoms with Gasteiger partial charge in [-0.25, -0.2) is 4.98 Å². The van der Waals surface area contributed by atoms with Crippen LogP contribution < -0.4 is 19.6 Å². The highest BCUT2D eigenvalue weighted by Crippen LogP contribution is 2.37. The number of ether oxygens (including phenoxy) is 3. The number of hydrazone groups is 1. The Morgan fingerprint density at radius 1 is 1.46 bits per heavy atom. The van der Waals surface area contributed by atoms with Crippen LogP contribution >= 0.6 is 0 Å². The Morgan fingerprint density at radius 3 is 3.00 bits per heavy atom. The lowest BCUT2D eigenvalue weighted by Crippen LogP contribution is -2.00. The summed E-state index contributed by atoms with van der Waals surface area (Å²) in [5.74, 6) is 1.81. The molecule has 9 nitrogen and oxygen atoms in total. The number of hydrogen-bond donors (Lipinski definition) is 1. The van der Waals surface area contributed by atoms with E-state index in [1.54, 1.807) is 12.1 Å². The monoisotopic (exact) mass is 330 g/mol. The minimum absolute atomic E-state index is 0.0532. The summed E-state index contributed by atoms with van der Waals surface area (Å²) in [7, 11) is 0. The van der Waals surface area contributed by atoms with E-state index < -0.39 is 4.92 Å². The molecule has 2 aromatic rings. The van der Waals surface area contributed by atoms with Crippen molar-refractivity contribution in [3.05, 3.63) is 46.1 Å². The van der Waals surface area contributed by atoms with Crippen LogP contribution in [0.4, 0.5) is 11.5 Å². The van der Waals surface area contributed by atoms with Crippen molar-refractivity contribution in [2.45, 2.75) is 6.92 Å². The molecular weight excluding hydrogens is 316 g/mol. The fourth-order valence-electron chi connectivity index (χ4n) is 2.11. The molecule has 1 aliphatic heterocycles. The quantitative estimate of drug-likeness (QED) is 0.492. The van der Waals surface area contributed by atoms with E-state index in [0.29, 0.717) is 29.4 Å². The lowest BCUT2D eigenvalue weighted by molar-refractivity contribution is -0.384. The van der Waals surface area contributed by atoms with Gasteiger partial charge in [0.05, 0.1) is 17.7 Å². The first-order valence-electron chi connectivity index (χ1n) is 7.14. The van der Waals surface area contributed by atoms with Crippen LogP contribution in [0.2, 0.25) is 0 Å². The average Bonchev–Trinajstić information content (AvgIpc) is 3.02. The lowest BCUT2D eigenvalue weighted by Gasteiger charge is -2.08. The molecule has 124 valence electrons. The minimum Gasteiger partial charge on any atom is -0.493 e. The molecule has 1 aromatic carbocycles. The molecule has 9 heteroatoms. The zero-order valence-electron chi connectivity index (χ0n) is 12.8. The molecule has 2 heterocycles. The molecule has 0 aliphatic carbocycles. The number of nitrogens with zero attached hydrogens (tertiary/aromatic N) is 3. The summed E-state index contributed by atoms with van der Waals surface area (Å²) in [4.78, 5) is 14.3. The molecular formula is C15H14N4O5. The number of anilines is 1. The molecule has 1 aromatic heterocycles. The van der Waals surface area contributed by atoms with Crippen molar-refractivity contribution in [1.29, 1.82) is 0 Å². The smallest absolute Gasteiger partial charge is 0.313 e. The van der Waals surface area contributed by atoms with Crippen LogP contribution in [0, 0.1) is 10.1 Å². The number of pyridine rings is 1. The highest BCUT2D eigenvalue weighted by molar-refractivity contribution is 5.85. The molecule has 0 bridgehead atoms. The number of hydrogen-bond acceptors (Lipinski definition) is 8. The summed E-state index contributed by atoms with van der Waals surface area (Å²) in [5.41, 5.74) is 3.05. The van der Waals surface area contributed by atoms with E-state index in [1.807, 2.05) is 6.92 Å². The van der Waals surface area contributed by atoms with Gasteiger partial charge in [-0.3, -0.25) is 15.5 Å². The van der Waals surface area contributed by atoms with Gasteiger partial charge < -0.3 is 14.2 Å². The Bertz CT molecular complexity index is 793. The van der Waals surface area contributed by atoms with Crippen molar-refractivity contribution in [2.75, 3.05) is 18.8 Å². The van der Waals surface area contributed by atoms with Crippen LogP contribution in [0.5, 0.6) is 17.2 Å². The molecule has 0 amide bonds. The summed E-state index contributed by atoms with van der Waals surface area (Å²) in [6.45, 7) is 2.49. The van der Waals surface area contributed by atoms with E-state index in [4.69, 9.17) is 14.2 Å². The summed E-state index contributed by atoms with van der Waals surface area (Å²) >= 11 is 0. The van der Waals surface area contributed by atoms with Crippen molar-refractivity contribution in [3.63, 3.8) is 0 Å². The van der Waals surface area contributed by atoms with Gasteiger partial charge in [-0.05, 0) is 19.1 Å². The molecule has 1 aliphatic rings. The van der Waals surface area contributed by atoms with Crippen LogP contribution in [-0.2, 0) is 0 Å². The maximum absolute atomic E-state index is 10.9. The third-order valence-electron chi connectivity index (χ3n) is 3.16. The summed E-state index contributed by atoms with van der Waals surface area (Å²) < 4.78 is 16.2. The van der Waals surface area contributed by atoms with Crippen molar-refractivity contribution < 1.29 is 19.1 Å². The molecule has 0 radical (unpaired) electrons. The van der Waals surface area contributed by atoms with Crippen LogP contribution in [-0.4, -0.2) is 29.5 Å². The van der Waals surface area contributed by atoms with E-state index >= 15 is 0 Å². The van der Waals surface area contributed by atoms with Crippen molar-refractivity contribution in [1.82, 2.24) is 4.98 Å². The van der Waals surface area contributed by atoms with Gasteiger partial charge in [0.1, 0.15) is 5.75 Å². The Balaban J connectivity index is 1.83. The Hall–Kier alpha value is -3.36. The first-order valence-corrected chi connectivity index (χ1v) is 7.14. The average molecular weight is 330 g/mol. The first-order chi connectivity index (χ1) is 11.7. The molecule has 0 spiro atoms. The zero-order valence-corrected chi connectivity index (χ0v) is 12.8.